The number of hydrogen-bond donors (Lipinski definition) is 2. The zero-order valence-corrected chi connectivity index (χ0v) is 11.4. The first-order valence-electron chi connectivity index (χ1n) is 7.01. The van der Waals surface area contributed by atoms with Crippen molar-refractivity contribution in [3.05, 3.63) is 23.4 Å². The Bertz CT molecular complexity index is 389. The predicted octanol–water partition coefficient (Wildman–Crippen LogP) is 3.15. The van der Waals surface area contributed by atoms with Crippen LogP contribution in [0.3, 0.4) is 0 Å². The molecule has 1 heterocycles. The van der Waals surface area contributed by atoms with Crippen LogP contribution in [0.15, 0.2) is 12.3 Å². The second-order valence-electron chi connectivity index (χ2n) is 5.65. The average Bonchev–Trinajstić information content (AvgIpc) is 2.32. The highest BCUT2D eigenvalue weighted by Gasteiger charge is 2.37. The number of aromatic nitrogens is 1. The van der Waals surface area contributed by atoms with Gasteiger partial charge in [0.05, 0.1) is 5.60 Å². The first-order chi connectivity index (χ1) is 8.57. The molecule has 0 spiro atoms. The monoisotopic (exact) mass is 248 g/mol. The molecule has 1 aromatic heterocycles. The molecule has 0 amide bonds. The van der Waals surface area contributed by atoms with E-state index in [1.54, 1.807) is 6.20 Å². The molecule has 1 aromatic rings. The van der Waals surface area contributed by atoms with Crippen molar-refractivity contribution in [2.24, 2.45) is 5.92 Å². The molecule has 0 saturated heterocycles. The first-order valence-corrected chi connectivity index (χ1v) is 7.01. The van der Waals surface area contributed by atoms with Crippen LogP contribution >= 0.6 is 0 Å². The Labute approximate surface area is 109 Å². The maximum absolute atomic E-state index is 10.9. The van der Waals surface area contributed by atoms with Crippen LogP contribution in [0.4, 0.5) is 5.82 Å². The van der Waals surface area contributed by atoms with Crippen LogP contribution in [-0.2, 0) is 5.60 Å². The summed E-state index contributed by atoms with van der Waals surface area (Å²) >= 11 is 0. The summed E-state index contributed by atoms with van der Waals surface area (Å²) in [6, 6.07) is 1.93. The third kappa shape index (κ3) is 2.51. The predicted molar refractivity (Wildman–Crippen MR) is 74.1 cm³/mol. The van der Waals surface area contributed by atoms with Gasteiger partial charge in [0.25, 0.3) is 0 Å². The molecule has 0 bridgehead atoms. The molecular formula is C15H24N2O. The van der Waals surface area contributed by atoms with Gasteiger partial charge in [-0.3, -0.25) is 0 Å². The van der Waals surface area contributed by atoms with Crippen molar-refractivity contribution in [2.45, 2.75) is 58.0 Å². The van der Waals surface area contributed by atoms with Crippen molar-refractivity contribution in [1.82, 2.24) is 4.98 Å². The van der Waals surface area contributed by atoms with Gasteiger partial charge < -0.3 is 10.8 Å². The maximum atomic E-state index is 10.9. The molecule has 3 N–H and O–H groups in total. The Morgan fingerprint density at radius 2 is 2.11 bits per heavy atom. The number of aryl methyl sites for hydroxylation is 1. The SMILES string of the molecule is CCCC1CCC(O)(c2c(C)ccnc2N)CC1. The van der Waals surface area contributed by atoms with E-state index in [1.807, 2.05) is 13.0 Å². The second kappa shape index (κ2) is 5.27. The molecule has 3 nitrogen and oxygen atoms in total. The molecule has 3 heteroatoms. The number of nitrogens with two attached hydrogens (primary N) is 1. The Kier molecular flexibility index (Phi) is 3.91. The molecular weight excluding hydrogens is 224 g/mol. The Morgan fingerprint density at radius 1 is 1.44 bits per heavy atom. The summed E-state index contributed by atoms with van der Waals surface area (Å²) in [4.78, 5) is 4.13. The molecule has 1 aliphatic rings. The van der Waals surface area contributed by atoms with Gasteiger partial charge in [-0.15, -0.1) is 0 Å². The third-order valence-electron chi connectivity index (χ3n) is 4.28. The fraction of sp³-hybridized carbons (Fsp3) is 0.667. The van der Waals surface area contributed by atoms with E-state index < -0.39 is 5.60 Å². The number of hydrogen-bond acceptors (Lipinski definition) is 3. The largest absolute Gasteiger partial charge is 0.385 e. The van der Waals surface area contributed by atoms with Crippen molar-refractivity contribution in [2.75, 3.05) is 5.73 Å². The van der Waals surface area contributed by atoms with E-state index in [0.717, 1.165) is 42.7 Å². The number of rotatable bonds is 3. The Morgan fingerprint density at radius 3 is 2.67 bits per heavy atom. The number of pyridine rings is 1. The highest BCUT2D eigenvalue weighted by Crippen LogP contribution is 2.43. The lowest BCUT2D eigenvalue weighted by Crippen LogP contribution is -2.33. The fourth-order valence-corrected chi connectivity index (χ4v) is 3.29. The van der Waals surface area contributed by atoms with Gasteiger partial charge in [-0.2, -0.15) is 0 Å². The fourth-order valence-electron chi connectivity index (χ4n) is 3.29. The van der Waals surface area contributed by atoms with Crippen molar-refractivity contribution in [1.29, 1.82) is 0 Å². The van der Waals surface area contributed by atoms with Crippen LogP contribution < -0.4 is 5.73 Å². The zero-order valence-electron chi connectivity index (χ0n) is 11.4. The lowest BCUT2D eigenvalue weighted by Gasteiger charge is -2.37. The highest BCUT2D eigenvalue weighted by molar-refractivity contribution is 5.48. The van der Waals surface area contributed by atoms with Crippen LogP contribution in [0.25, 0.3) is 0 Å². The smallest absolute Gasteiger partial charge is 0.129 e. The molecule has 2 rings (SSSR count). The number of aliphatic hydroxyl groups is 1. The van der Waals surface area contributed by atoms with Crippen LogP contribution in [0.1, 0.15) is 56.6 Å². The summed E-state index contributed by atoms with van der Waals surface area (Å²) in [6.45, 7) is 4.23. The molecule has 0 aromatic carbocycles. The third-order valence-corrected chi connectivity index (χ3v) is 4.28. The molecule has 0 radical (unpaired) electrons. The van der Waals surface area contributed by atoms with E-state index >= 15 is 0 Å². The summed E-state index contributed by atoms with van der Waals surface area (Å²) in [5, 5.41) is 10.9. The van der Waals surface area contributed by atoms with E-state index in [-0.39, 0.29) is 0 Å². The van der Waals surface area contributed by atoms with Crippen LogP contribution in [0.5, 0.6) is 0 Å². The van der Waals surface area contributed by atoms with Crippen LogP contribution in [0.2, 0.25) is 0 Å². The summed E-state index contributed by atoms with van der Waals surface area (Å²) < 4.78 is 0. The molecule has 1 fully saturated rings. The molecule has 100 valence electrons. The minimum atomic E-state index is -0.757. The van der Waals surface area contributed by atoms with Gasteiger partial charge in [-0.1, -0.05) is 19.8 Å². The lowest BCUT2D eigenvalue weighted by molar-refractivity contribution is -0.0152. The molecule has 1 saturated carbocycles. The Hall–Kier alpha value is -1.09. The van der Waals surface area contributed by atoms with Crippen LogP contribution in [0, 0.1) is 12.8 Å². The topological polar surface area (TPSA) is 59.1 Å². The Balaban J connectivity index is 2.18. The van der Waals surface area contributed by atoms with E-state index in [4.69, 9.17) is 5.73 Å². The second-order valence-corrected chi connectivity index (χ2v) is 5.65. The van der Waals surface area contributed by atoms with Crippen molar-refractivity contribution < 1.29 is 5.11 Å². The van der Waals surface area contributed by atoms with E-state index in [9.17, 15) is 5.11 Å². The average molecular weight is 248 g/mol. The molecule has 1 aliphatic carbocycles. The van der Waals surface area contributed by atoms with Gasteiger partial charge in [-0.25, -0.2) is 4.98 Å². The van der Waals surface area contributed by atoms with E-state index in [0.29, 0.717) is 5.82 Å². The summed E-state index contributed by atoms with van der Waals surface area (Å²) in [7, 11) is 0. The maximum Gasteiger partial charge on any atom is 0.129 e. The molecule has 18 heavy (non-hydrogen) atoms. The van der Waals surface area contributed by atoms with E-state index in [1.165, 1.54) is 12.8 Å². The van der Waals surface area contributed by atoms with Gasteiger partial charge >= 0.3 is 0 Å². The van der Waals surface area contributed by atoms with Gasteiger partial charge in [0, 0.05) is 11.8 Å². The number of anilines is 1. The normalized spacial score (nSPS) is 28.3. The van der Waals surface area contributed by atoms with Crippen LogP contribution in [-0.4, -0.2) is 10.1 Å². The molecule has 0 aliphatic heterocycles. The molecule has 0 unspecified atom stereocenters. The number of nitrogens with zero attached hydrogens (tertiary/aromatic N) is 1. The minimum Gasteiger partial charge on any atom is -0.385 e. The summed E-state index contributed by atoms with van der Waals surface area (Å²) in [5.74, 6) is 1.26. The van der Waals surface area contributed by atoms with Crippen molar-refractivity contribution >= 4 is 5.82 Å². The molecule has 0 atom stereocenters. The standard InChI is InChI=1S/C15H24N2O/c1-3-4-12-5-8-15(18,9-6-12)13-11(2)7-10-17-14(13)16/h7,10,12,18H,3-6,8-9H2,1-2H3,(H2,16,17). The summed E-state index contributed by atoms with van der Waals surface area (Å²) in [6.07, 6.45) is 8.04. The minimum absolute atomic E-state index is 0.492. The zero-order chi connectivity index (χ0) is 13.2. The van der Waals surface area contributed by atoms with Crippen molar-refractivity contribution in [3.63, 3.8) is 0 Å². The lowest BCUT2D eigenvalue weighted by atomic mass is 9.73. The summed E-state index contributed by atoms with van der Waals surface area (Å²) in [5.41, 5.74) is 7.12. The first kappa shape index (κ1) is 13.3. The highest BCUT2D eigenvalue weighted by atomic mass is 16.3. The van der Waals surface area contributed by atoms with Gasteiger partial charge in [0.1, 0.15) is 5.82 Å². The van der Waals surface area contributed by atoms with E-state index in [2.05, 4.69) is 11.9 Å². The number of nitrogen functional groups attached to an aromatic ring is 1. The van der Waals surface area contributed by atoms with Gasteiger partial charge in [-0.05, 0) is 50.2 Å². The van der Waals surface area contributed by atoms with Gasteiger partial charge in [0.2, 0.25) is 0 Å². The van der Waals surface area contributed by atoms with Crippen molar-refractivity contribution in [3.8, 4) is 0 Å². The van der Waals surface area contributed by atoms with Gasteiger partial charge in [0.15, 0.2) is 0 Å². The quantitative estimate of drug-likeness (QED) is 0.864.